The molecule has 3 heterocycles. The van der Waals surface area contributed by atoms with E-state index in [4.69, 9.17) is 4.98 Å². The molecule has 3 aromatic heterocycles. The number of imidazole rings is 1. The van der Waals surface area contributed by atoms with Crippen LogP contribution < -0.4 is 10.6 Å². The Kier molecular flexibility index (Phi) is 7.29. The molecule has 8 nitrogen and oxygen atoms in total. The molecule has 42 heavy (non-hydrogen) atoms. The van der Waals surface area contributed by atoms with E-state index in [2.05, 4.69) is 15.7 Å². The van der Waals surface area contributed by atoms with Gasteiger partial charge in [-0.15, -0.1) is 0 Å². The van der Waals surface area contributed by atoms with E-state index in [-0.39, 0.29) is 68.4 Å². The highest BCUT2D eigenvalue weighted by atomic mass is 19.3. The molecule has 3 aromatic rings. The molecule has 0 aliphatic heterocycles. The number of nitrogens with zero attached hydrogens (tertiary/aromatic N) is 4. The number of nitrogens with one attached hydrogen (secondary N) is 2. The Morgan fingerprint density at radius 2 is 1.74 bits per heavy atom. The van der Waals surface area contributed by atoms with Crippen LogP contribution in [0.5, 0.6) is 0 Å². The minimum absolute atomic E-state index is 0.0612. The molecule has 12 heteroatoms. The summed E-state index contributed by atoms with van der Waals surface area (Å²) in [5.41, 5.74) is 2.22. The summed E-state index contributed by atoms with van der Waals surface area (Å²) in [5.74, 6) is -7.12. The average Bonchev–Trinajstić information content (AvgIpc) is 3.72. The molecule has 2 unspecified atom stereocenters. The number of hydrogen-bond donors (Lipinski definition) is 2. The van der Waals surface area contributed by atoms with Gasteiger partial charge in [0.05, 0.1) is 30.2 Å². The van der Waals surface area contributed by atoms with Gasteiger partial charge in [-0.05, 0) is 75.1 Å². The topological polar surface area (TPSA) is 93.3 Å². The molecule has 0 spiro atoms. The average molecular weight is 589 g/mol. The number of rotatable bonds is 10. The van der Waals surface area contributed by atoms with Crippen LogP contribution in [0.4, 0.5) is 17.6 Å². The largest absolute Gasteiger partial charge is 0.349 e. The molecule has 3 atom stereocenters. The first kappa shape index (κ1) is 28.7. The number of amides is 2. The Hall–Kier alpha value is -3.44. The molecule has 3 aliphatic carbocycles. The molecule has 3 fully saturated rings. The highest BCUT2D eigenvalue weighted by molar-refractivity contribution is 5.93. The third-order valence-electron chi connectivity index (χ3n) is 8.92. The Labute approximate surface area is 241 Å². The van der Waals surface area contributed by atoms with Crippen molar-refractivity contribution in [1.82, 2.24) is 29.8 Å². The highest BCUT2D eigenvalue weighted by Gasteiger charge is 2.57. The number of aromatic nitrogens is 4. The van der Waals surface area contributed by atoms with Crippen LogP contribution >= 0.6 is 0 Å². The fourth-order valence-electron chi connectivity index (χ4n) is 6.16. The molecular weight excluding hydrogens is 552 g/mol. The predicted molar refractivity (Wildman–Crippen MR) is 146 cm³/mol. The van der Waals surface area contributed by atoms with E-state index in [9.17, 15) is 27.2 Å². The van der Waals surface area contributed by atoms with Crippen LogP contribution in [-0.2, 0) is 4.79 Å². The fraction of sp³-hybridized carbons (Fsp3) is 0.600. The van der Waals surface area contributed by atoms with Gasteiger partial charge in [-0.1, -0.05) is 0 Å². The summed E-state index contributed by atoms with van der Waals surface area (Å²) in [6, 6.07) is 4.44. The number of halogens is 4. The van der Waals surface area contributed by atoms with Crippen molar-refractivity contribution in [2.45, 2.75) is 95.2 Å². The maximum absolute atomic E-state index is 14.0. The molecule has 3 aliphatic rings. The first-order chi connectivity index (χ1) is 19.9. The van der Waals surface area contributed by atoms with Crippen molar-refractivity contribution in [3.05, 3.63) is 53.7 Å². The zero-order chi connectivity index (χ0) is 29.8. The van der Waals surface area contributed by atoms with Gasteiger partial charge in [0.2, 0.25) is 11.8 Å². The fourth-order valence-corrected chi connectivity index (χ4v) is 6.16. The Morgan fingerprint density at radius 3 is 2.38 bits per heavy atom. The highest BCUT2D eigenvalue weighted by Crippen LogP contribution is 2.51. The van der Waals surface area contributed by atoms with Gasteiger partial charge in [-0.25, -0.2) is 27.1 Å². The monoisotopic (exact) mass is 588 g/mol. The molecule has 0 saturated heterocycles. The quantitative estimate of drug-likeness (QED) is 0.283. The van der Waals surface area contributed by atoms with E-state index in [1.165, 1.54) is 0 Å². The second-order valence-corrected chi connectivity index (χ2v) is 12.5. The van der Waals surface area contributed by atoms with Crippen LogP contribution in [0, 0.1) is 17.8 Å². The van der Waals surface area contributed by atoms with Gasteiger partial charge in [0.25, 0.3) is 11.8 Å². The van der Waals surface area contributed by atoms with Crippen LogP contribution in [0.2, 0.25) is 0 Å². The standard InChI is InChI=1S/C30H36F4N6O2/c1-17(2)39-11-3-4-23(39)28(42)38-27(19-7-9-29(31,32)10-8-19)22-16-40-24(36-22)12-20(15-35-40)26(18-5-6-18)37-25(41)13-21-14-30(21,33)34/h3-4,11-12,15-19,21,26-27H,5-10,13-14H2,1-2H3,(H,37,41)(H,38,42)/t21?,26?,27-/m0/s1. The van der Waals surface area contributed by atoms with Crippen molar-refractivity contribution >= 4 is 17.5 Å². The minimum Gasteiger partial charge on any atom is -0.349 e. The van der Waals surface area contributed by atoms with Gasteiger partial charge in [0.1, 0.15) is 5.69 Å². The third-order valence-corrected chi connectivity index (χ3v) is 8.92. The summed E-state index contributed by atoms with van der Waals surface area (Å²) >= 11 is 0. The molecule has 2 N–H and O–H groups in total. The Bertz CT molecular complexity index is 1470. The lowest BCUT2D eigenvalue weighted by molar-refractivity contribution is -0.123. The van der Waals surface area contributed by atoms with E-state index in [0.717, 1.165) is 18.4 Å². The zero-order valence-electron chi connectivity index (χ0n) is 23.7. The predicted octanol–water partition coefficient (Wildman–Crippen LogP) is 6.02. The van der Waals surface area contributed by atoms with E-state index >= 15 is 0 Å². The normalized spacial score (nSPS) is 23.1. The van der Waals surface area contributed by atoms with Gasteiger partial charge in [0.15, 0.2) is 5.65 Å². The number of carbonyl (C=O) groups excluding carboxylic acids is 2. The Morgan fingerprint density at radius 1 is 1.05 bits per heavy atom. The van der Waals surface area contributed by atoms with Crippen LogP contribution in [0.1, 0.15) is 105 Å². The number of hydrogen-bond acceptors (Lipinski definition) is 4. The van der Waals surface area contributed by atoms with E-state index in [1.54, 1.807) is 29.0 Å². The smallest absolute Gasteiger partial charge is 0.268 e. The molecular formula is C30H36F4N6O2. The maximum Gasteiger partial charge on any atom is 0.268 e. The van der Waals surface area contributed by atoms with Crippen molar-refractivity contribution in [2.75, 3.05) is 0 Å². The molecule has 0 bridgehead atoms. The lowest BCUT2D eigenvalue weighted by Crippen LogP contribution is -2.38. The molecule has 6 rings (SSSR count). The summed E-state index contributed by atoms with van der Waals surface area (Å²) in [6.45, 7) is 3.95. The van der Waals surface area contributed by atoms with Gasteiger partial charge in [0, 0.05) is 43.8 Å². The summed E-state index contributed by atoms with van der Waals surface area (Å²) in [5, 5.41) is 10.5. The molecule has 2 amide bonds. The van der Waals surface area contributed by atoms with Gasteiger partial charge >= 0.3 is 0 Å². The maximum atomic E-state index is 14.0. The van der Waals surface area contributed by atoms with Gasteiger partial charge in [-0.3, -0.25) is 9.59 Å². The van der Waals surface area contributed by atoms with Crippen LogP contribution in [0.15, 0.2) is 36.8 Å². The van der Waals surface area contributed by atoms with Crippen molar-refractivity contribution in [1.29, 1.82) is 0 Å². The SMILES string of the molecule is CC(C)n1cccc1C(=O)N[C@H](c1cn2ncc(C(NC(=O)CC3CC3(F)F)C3CC3)cc2n1)C1CCC(F)(F)CC1. The van der Waals surface area contributed by atoms with Crippen LogP contribution in [0.3, 0.4) is 0 Å². The summed E-state index contributed by atoms with van der Waals surface area (Å²) < 4.78 is 58.2. The van der Waals surface area contributed by atoms with Gasteiger partial charge in [-0.2, -0.15) is 5.10 Å². The number of carbonyl (C=O) groups is 2. The third kappa shape index (κ3) is 6.03. The van der Waals surface area contributed by atoms with Crippen molar-refractivity contribution in [2.24, 2.45) is 17.8 Å². The van der Waals surface area contributed by atoms with E-state index in [0.29, 0.717) is 17.0 Å². The molecule has 0 radical (unpaired) electrons. The second kappa shape index (κ2) is 10.7. The number of alkyl halides is 4. The summed E-state index contributed by atoms with van der Waals surface area (Å²) in [6.07, 6.45) is 6.52. The van der Waals surface area contributed by atoms with Crippen molar-refractivity contribution in [3.8, 4) is 0 Å². The Balaban J connectivity index is 1.25. The molecule has 0 aromatic carbocycles. The van der Waals surface area contributed by atoms with Crippen LogP contribution in [0.25, 0.3) is 5.65 Å². The zero-order valence-corrected chi connectivity index (χ0v) is 23.7. The van der Waals surface area contributed by atoms with Crippen LogP contribution in [-0.4, -0.2) is 42.8 Å². The first-order valence-electron chi connectivity index (χ1n) is 14.8. The lowest BCUT2D eigenvalue weighted by atomic mass is 9.81. The molecule has 3 saturated carbocycles. The van der Waals surface area contributed by atoms with Crippen molar-refractivity contribution < 1.29 is 27.2 Å². The minimum atomic E-state index is -2.75. The van der Waals surface area contributed by atoms with Crippen molar-refractivity contribution in [3.63, 3.8) is 0 Å². The second-order valence-electron chi connectivity index (χ2n) is 12.5. The summed E-state index contributed by atoms with van der Waals surface area (Å²) in [7, 11) is 0. The lowest BCUT2D eigenvalue weighted by Gasteiger charge is -2.33. The van der Waals surface area contributed by atoms with Gasteiger partial charge < -0.3 is 15.2 Å². The number of fused-ring (bicyclic) bond motifs is 1. The summed E-state index contributed by atoms with van der Waals surface area (Å²) in [4.78, 5) is 30.8. The first-order valence-corrected chi connectivity index (χ1v) is 14.8. The molecule has 226 valence electrons. The van der Waals surface area contributed by atoms with E-state index < -0.39 is 29.7 Å². The van der Waals surface area contributed by atoms with E-state index in [1.807, 2.05) is 30.7 Å².